The van der Waals surface area contributed by atoms with E-state index in [2.05, 4.69) is 4.98 Å². The zero-order valence-electron chi connectivity index (χ0n) is 16.5. The average Bonchev–Trinajstić information content (AvgIpc) is 3.21. The third-order valence-electron chi connectivity index (χ3n) is 4.59. The van der Waals surface area contributed by atoms with Crippen molar-refractivity contribution < 1.29 is 19.4 Å². The largest absolute Gasteiger partial charge is 0.505 e. The maximum Gasteiger partial charge on any atom is 0.360 e. The number of carbonyl (C=O) groups is 1. The van der Waals surface area contributed by atoms with E-state index in [0.717, 1.165) is 39.5 Å². The van der Waals surface area contributed by atoms with Gasteiger partial charge in [0.25, 0.3) is 0 Å². The minimum absolute atomic E-state index is 0.0467. The Labute approximate surface area is 178 Å². The highest BCUT2D eigenvalue weighted by Crippen LogP contribution is 2.39. The first kappa shape index (κ1) is 19.9. The van der Waals surface area contributed by atoms with Crippen LogP contribution in [0.25, 0.3) is 20.5 Å². The number of hydrogen-bond acceptors (Lipinski definition) is 6. The molecular weight excluding hydrogens is 398 g/mol. The van der Waals surface area contributed by atoms with Gasteiger partial charge in [0.05, 0.1) is 11.3 Å². The zero-order chi connectivity index (χ0) is 20.9. The van der Waals surface area contributed by atoms with Gasteiger partial charge in [0.1, 0.15) is 11.5 Å². The molecule has 4 aromatic rings. The van der Waals surface area contributed by atoms with Crippen molar-refractivity contribution in [3.05, 3.63) is 72.6 Å². The van der Waals surface area contributed by atoms with Crippen LogP contribution in [0.5, 0.6) is 17.2 Å². The third-order valence-corrected chi connectivity index (χ3v) is 5.71. The Morgan fingerprint density at radius 1 is 1.07 bits per heavy atom. The molecule has 152 valence electrons. The van der Waals surface area contributed by atoms with Gasteiger partial charge in [0, 0.05) is 16.5 Å². The maximum atomic E-state index is 12.2. The van der Waals surface area contributed by atoms with Gasteiger partial charge in [-0.15, -0.1) is 11.3 Å². The topological polar surface area (TPSA) is 68.7 Å². The smallest absolute Gasteiger partial charge is 0.360 e. The van der Waals surface area contributed by atoms with Gasteiger partial charge in [-0.2, -0.15) is 0 Å². The highest BCUT2D eigenvalue weighted by molar-refractivity contribution is 7.22. The lowest BCUT2D eigenvalue weighted by Gasteiger charge is -2.06. The average molecular weight is 420 g/mol. The Bertz CT molecular complexity index is 1150. The highest BCUT2D eigenvalue weighted by Gasteiger charge is 2.19. The maximum absolute atomic E-state index is 12.2. The number of pyridine rings is 1. The molecule has 0 bridgehead atoms. The molecule has 2 aromatic heterocycles. The van der Waals surface area contributed by atoms with Crippen LogP contribution in [-0.2, 0) is 4.74 Å². The Kier molecular flexibility index (Phi) is 5.95. The summed E-state index contributed by atoms with van der Waals surface area (Å²) in [5.74, 6) is 0.785. The molecule has 4 rings (SSSR count). The fourth-order valence-corrected chi connectivity index (χ4v) is 4.02. The van der Waals surface area contributed by atoms with Crippen LogP contribution in [0.4, 0.5) is 0 Å². The summed E-state index contributed by atoms with van der Waals surface area (Å²) in [7, 11) is 0. The number of aromatic nitrogens is 1. The Morgan fingerprint density at radius 2 is 1.80 bits per heavy atom. The summed E-state index contributed by atoms with van der Waals surface area (Å²) in [6.07, 6.45) is 3.31. The molecule has 6 heteroatoms. The number of fused-ring (bicyclic) bond motifs is 1. The van der Waals surface area contributed by atoms with E-state index >= 15 is 0 Å². The molecule has 0 fully saturated rings. The number of esters is 1. The van der Waals surface area contributed by atoms with Crippen molar-refractivity contribution in [2.75, 3.05) is 6.61 Å². The second kappa shape index (κ2) is 8.97. The number of rotatable bonds is 7. The van der Waals surface area contributed by atoms with E-state index in [1.807, 2.05) is 67.6 Å². The van der Waals surface area contributed by atoms with Crippen molar-refractivity contribution in [1.82, 2.24) is 4.98 Å². The molecule has 0 atom stereocenters. The first-order chi connectivity index (χ1) is 14.7. The van der Waals surface area contributed by atoms with E-state index in [9.17, 15) is 9.90 Å². The number of aromatic hydroxyl groups is 1. The molecule has 0 radical (unpaired) electrons. The van der Waals surface area contributed by atoms with Gasteiger partial charge >= 0.3 is 5.97 Å². The van der Waals surface area contributed by atoms with Crippen LogP contribution in [0.2, 0.25) is 0 Å². The van der Waals surface area contributed by atoms with Crippen LogP contribution in [-0.4, -0.2) is 22.7 Å². The number of nitrogens with zero attached hydrogens (tertiary/aromatic N) is 1. The summed E-state index contributed by atoms with van der Waals surface area (Å²) in [6.45, 7) is 2.34. The Balaban J connectivity index is 1.56. The summed E-state index contributed by atoms with van der Waals surface area (Å²) in [6, 6.07) is 19.2. The van der Waals surface area contributed by atoms with Gasteiger partial charge < -0.3 is 14.6 Å². The minimum Gasteiger partial charge on any atom is -0.505 e. The van der Waals surface area contributed by atoms with Crippen LogP contribution in [0.3, 0.4) is 0 Å². The number of ether oxygens (including phenoxy) is 2. The van der Waals surface area contributed by atoms with Crippen molar-refractivity contribution in [2.24, 2.45) is 0 Å². The number of carbonyl (C=O) groups excluding carboxylic acids is 1. The van der Waals surface area contributed by atoms with Crippen molar-refractivity contribution in [1.29, 1.82) is 0 Å². The van der Waals surface area contributed by atoms with E-state index < -0.39 is 5.97 Å². The predicted octanol–water partition coefficient (Wildman–Crippen LogP) is 6.42. The fraction of sp³-hybridized carbons (Fsp3) is 0.167. The van der Waals surface area contributed by atoms with E-state index in [-0.39, 0.29) is 11.4 Å². The van der Waals surface area contributed by atoms with Gasteiger partial charge in [-0.1, -0.05) is 31.5 Å². The number of thiophene rings is 1. The molecule has 0 saturated carbocycles. The Hall–Kier alpha value is -3.38. The lowest BCUT2D eigenvalue weighted by molar-refractivity contribution is 0.0489. The summed E-state index contributed by atoms with van der Waals surface area (Å²) < 4.78 is 11.8. The van der Waals surface area contributed by atoms with Gasteiger partial charge in [0.2, 0.25) is 0 Å². The molecular formula is C24H21NO4S. The second-order valence-electron chi connectivity index (χ2n) is 6.77. The van der Waals surface area contributed by atoms with Crippen molar-refractivity contribution in [3.8, 4) is 27.7 Å². The van der Waals surface area contributed by atoms with Crippen LogP contribution >= 0.6 is 11.3 Å². The number of hydrogen-bond donors (Lipinski definition) is 1. The lowest BCUT2D eigenvalue weighted by Crippen LogP contribution is -2.08. The first-order valence-electron chi connectivity index (χ1n) is 9.77. The van der Waals surface area contributed by atoms with Crippen molar-refractivity contribution in [3.63, 3.8) is 0 Å². The van der Waals surface area contributed by atoms with Gasteiger partial charge in [-0.3, -0.25) is 0 Å². The monoisotopic (exact) mass is 419 g/mol. The molecule has 0 unspecified atom stereocenters. The minimum atomic E-state index is -0.599. The zero-order valence-corrected chi connectivity index (χ0v) is 17.3. The second-order valence-corrected chi connectivity index (χ2v) is 7.86. The molecule has 30 heavy (non-hydrogen) atoms. The SMILES string of the molecule is CCCCOC(=O)c1ncc2sc(-c3ccc(Oc4ccccc4)cc3)cc2c1O. The lowest BCUT2D eigenvalue weighted by atomic mass is 10.1. The van der Waals surface area contributed by atoms with Crippen molar-refractivity contribution in [2.45, 2.75) is 19.8 Å². The summed E-state index contributed by atoms with van der Waals surface area (Å²) in [5.41, 5.74) is 0.942. The van der Waals surface area contributed by atoms with Crippen LogP contribution < -0.4 is 4.74 Å². The summed E-state index contributed by atoms with van der Waals surface area (Å²) in [4.78, 5) is 17.3. The number of para-hydroxylation sites is 1. The highest BCUT2D eigenvalue weighted by atomic mass is 32.1. The fourth-order valence-electron chi connectivity index (χ4n) is 2.98. The van der Waals surface area contributed by atoms with Gasteiger partial charge in [-0.05, 0) is 54.4 Å². The van der Waals surface area contributed by atoms with E-state index in [0.29, 0.717) is 12.0 Å². The summed E-state index contributed by atoms with van der Waals surface area (Å²) >= 11 is 1.50. The molecule has 0 aliphatic heterocycles. The molecule has 0 aliphatic rings. The predicted molar refractivity (Wildman–Crippen MR) is 118 cm³/mol. The van der Waals surface area contributed by atoms with Crippen molar-refractivity contribution >= 4 is 27.4 Å². The van der Waals surface area contributed by atoms with Gasteiger partial charge in [-0.25, -0.2) is 9.78 Å². The van der Waals surface area contributed by atoms with E-state index in [4.69, 9.17) is 9.47 Å². The molecule has 5 nitrogen and oxygen atoms in total. The number of benzene rings is 2. The van der Waals surface area contributed by atoms with E-state index in [1.54, 1.807) is 6.20 Å². The molecule has 0 aliphatic carbocycles. The quantitative estimate of drug-likeness (QED) is 0.277. The van der Waals surface area contributed by atoms with Crippen LogP contribution in [0.1, 0.15) is 30.3 Å². The van der Waals surface area contributed by atoms with Gasteiger partial charge in [0.15, 0.2) is 11.4 Å². The molecule has 0 amide bonds. The molecule has 2 aromatic carbocycles. The molecule has 1 N–H and O–H groups in total. The molecule has 2 heterocycles. The van der Waals surface area contributed by atoms with Crippen LogP contribution in [0, 0.1) is 0 Å². The molecule has 0 spiro atoms. The van der Waals surface area contributed by atoms with Crippen LogP contribution in [0.15, 0.2) is 66.9 Å². The summed E-state index contributed by atoms with van der Waals surface area (Å²) in [5, 5.41) is 11.2. The first-order valence-corrected chi connectivity index (χ1v) is 10.6. The Morgan fingerprint density at radius 3 is 2.53 bits per heavy atom. The standard InChI is InChI=1S/C24H21NO4S/c1-2-3-13-28-24(27)22-23(26)19-14-20(30-21(19)15-25-22)16-9-11-18(12-10-16)29-17-7-5-4-6-8-17/h4-12,14-15,26H,2-3,13H2,1H3. The normalized spacial score (nSPS) is 10.8. The third kappa shape index (κ3) is 4.28. The molecule has 0 saturated heterocycles. The number of unbranched alkanes of at least 4 members (excludes halogenated alkanes) is 1. The van der Waals surface area contributed by atoms with E-state index in [1.165, 1.54) is 11.3 Å².